The normalized spacial score (nSPS) is 17.3. The monoisotopic (exact) mass is 359 g/mol. The van der Waals surface area contributed by atoms with E-state index in [1.54, 1.807) is 0 Å². The van der Waals surface area contributed by atoms with Crippen LogP contribution in [-0.4, -0.2) is 16.0 Å². The molecule has 27 heavy (non-hydrogen) atoms. The van der Waals surface area contributed by atoms with Gasteiger partial charge in [0.05, 0.1) is 5.41 Å². The number of hydrogen-bond acceptors (Lipinski definition) is 4. The van der Waals surface area contributed by atoms with Gasteiger partial charge in [-0.05, 0) is 67.1 Å². The maximum absolute atomic E-state index is 12.7. The van der Waals surface area contributed by atoms with Crippen LogP contribution in [-0.2, 0) is 10.2 Å². The first-order valence-corrected chi connectivity index (χ1v) is 9.44. The van der Waals surface area contributed by atoms with Crippen molar-refractivity contribution in [2.24, 2.45) is 0 Å². The molecule has 0 radical (unpaired) electrons. The molecule has 1 fully saturated rings. The molecule has 1 aliphatic carbocycles. The highest BCUT2D eigenvalue weighted by Crippen LogP contribution is 2.49. The van der Waals surface area contributed by atoms with Gasteiger partial charge in [-0.1, -0.05) is 36.2 Å². The predicted octanol–water partition coefficient (Wildman–Crippen LogP) is 4.78. The third-order valence-electron chi connectivity index (χ3n) is 6.00. The Hall–Kier alpha value is -2.95. The van der Waals surface area contributed by atoms with Crippen LogP contribution < -0.4 is 5.32 Å². The van der Waals surface area contributed by atoms with Crippen LogP contribution in [0, 0.1) is 13.8 Å². The fraction of sp³-hybridized carbons (Fsp3) is 0.318. The van der Waals surface area contributed by atoms with Gasteiger partial charge in [0.1, 0.15) is 0 Å². The van der Waals surface area contributed by atoms with Gasteiger partial charge in [0.2, 0.25) is 5.91 Å². The molecule has 1 aliphatic heterocycles. The molecule has 2 aliphatic rings. The molecule has 5 heteroatoms. The van der Waals surface area contributed by atoms with E-state index in [-0.39, 0.29) is 11.3 Å². The van der Waals surface area contributed by atoms with Crippen molar-refractivity contribution in [3.05, 3.63) is 53.3 Å². The van der Waals surface area contributed by atoms with Gasteiger partial charge in [0, 0.05) is 11.3 Å². The first-order valence-electron chi connectivity index (χ1n) is 9.44. The van der Waals surface area contributed by atoms with Crippen LogP contribution in [0.15, 0.2) is 40.9 Å². The van der Waals surface area contributed by atoms with Crippen molar-refractivity contribution in [1.82, 2.24) is 10.1 Å². The average molecular weight is 359 g/mol. The van der Waals surface area contributed by atoms with E-state index in [9.17, 15) is 4.79 Å². The van der Waals surface area contributed by atoms with E-state index in [1.165, 1.54) is 0 Å². The molecule has 0 bridgehead atoms. The summed E-state index contributed by atoms with van der Waals surface area (Å²) >= 11 is 0. The van der Waals surface area contributed by atoms with Gasteiger partial charge in [0.25, 0.3) is 5.89 Å². The lowest BCUT2D eigenvalue weighted by Crippen LogP contribution is -2.30. The fourth-order valence-electron chi connectivity index (χ4n) is 4.55. The maximum atomic E-state index is 12.7. The maximum Gasteiger partial charge on any atom is 0.257 e. The molecular weight excluding hydrogens is 338 g/mol. The van der Waals surface area contributed by atoms with Gasteiger partial charge >= 0.3 is 0 Å². The largest absolute Gasteiger partial charge is 0.334 e. The van der Waals surface area contributed by atoms with E-state index in [4.69, 9.17) is 4.52 Å². The zero-order valence-corrected chi connectivity index (χ0v) is 15.5. The number of nitrogens with zero attached hydrogens (tertiary/aromatic N) is 2. The number of carbonyl (C=O) groups excluding carboxylic acids is 1. The third kappa shape index (κ3) is 2.41. The molecule has 5 rings (SSSR count). The standard InChI is InChI=1S/C22H21N3O2/c1-13-5-6-16(20-23-14(2)25-27-20)11-17(13)15-7-8-18-19(12-15)24-21(26)22(18)9-3-4-10-22/h5-8,11-12H,3-4,9-10H2,1-2H3,(H,24,26). The Morgan fingerprint density at radius 2 is 1.81 bits per heavy atom. The number of nitrogens with one attached hydrogen (secondary N) is 1. The number of aromatic nitrogens is 2. The highest BCUT2D eigenvalue weighted by Gasteiger charge is 2.48. The van der Waals surface area contributed by atoms with Gasteiger partial charge in [-0.25, -0.2) is 0 Å². The third-order valence-corrected chi connectivity index (χ3v) is 6.00. The minimum absolute atomic E-state index is 0.166. The molecule has 5 nitrogen and oxygen atoms in total. The lowest BCUT2D eigenvalue weighted by Gasteiger charge is -2.20. The summed E-state index contributed by atoms with van der Waals surface area (Å²) in [6, 6.07) is 12.5. The van der Waals surface area contributed by atoms with Gasteiger partial charge in [0.15, 0.2) is 5.82 Å². The van der Waals surface area contributed by atoms with Crippen molar-refractivity contribution in [1.29, 1.82) is 0 Å². The van der Waals surface area contributed by atoms with Gasteiger partial charge in [-0.3, -0.25) is 4.79 Å². The Bertz CT molecular complexity index is 1060. The number of rotatable bonds is 2. The highest BCUT2D eigenvalue weighted by molar-refractivity contribution is 6.07. The summed E-state index contributed by atoms with van der Waals surface area (Å²) in [5, 5.41) is 7.01. The smallest absolute Gasteiger partial charge is 0.257 e. The summed E-state index contributed by atoms with van der Waals surface area (Å²) in [6.07, 6.45) is 4.16. The van der Waals surface area contributed by atoms with E-state index in [2.05, 4.69) is 52.7 Å². The first kappa shape index (κ1) is 16.2. The molecule has 1 N–H and O–H groups in total. The van der Waals surface area contributed by atoms with E-state index >= 15 is 0 Å². The highest BCUT2D eigenvalue weighted by atomic mass is 16.5. The number of fused-ring (bicyclic) bond motifs is 2. The summed E-state index contributed by atoms with van der Waals surface area (Å²) < 4.78 is 5.31. The van der Waals surface area contributed by atoms with E-state index in [0.29, 0.717) is 11.7 Å². The van der Waals surface area contributed by atoms with Crippen LogP contribution in [0.5, 0.6) is 0 Å². The minimum Gasteiger partial charge on any atom is -0.334 e. The molecule has 0 unspecified atom stereocenters. The van der Waals surface area contributed by atoms with Crippen molar-refractivity contribution < 1.29 is 9.32 Å². The lowest BCUT2D eigenvalue weighted by atomic mass is 9.79. The fourth-order valence-corrected chi connectivity index (χ4v) is 4.55. The molecular formula is C22H21N3O2. The average Bonchev–Trinajstić information content (AvgIpc) is 3.37. The van der Waals surface area contributed by atoms with Crippen LogP contribution in [0.25, 0.3) is 22.6 Å². The van der Waals surface area contributed by atoms with Crippen molar-refractivity contribution in [3.8, 4) is 22.6 Å². The molecule has 1 aromatic heterocycles. The van der Waals surface area contributed by atoms with E-state index in [1.807, 2.05) is 13.0 Å². The van der Waals surface area contributed by atoms with Crippen LogP contribution in [0.2, 0.25) is 0 Å². The number of hydrogen-bond donors (Lipinski definition) is 1. The molecule has 3 aromatic rings. The Morgan fingerprint density at radius 3 is 2.56 bits per heavy atom. The summed E-state index contributed by atoms with van der Waals surface area (Å²) in [5.74, 6) is 1.31. The van der Waals surface area contributed by atoms with Crippen LogP contribution in [0.4, 0.5) is 5.69 Å². The van der Waals surface area contributed by atoms with Gasteiger partial charge in [-0.15, -0.1) is 0 Å². The van der Waals surface area contributed by atoms with Crippen LogP contribution in [0.1, 0.15) is 42.6 Å². The molecule has 1 amide bonds. The summed E-state index contributed by atoms with van der Waals surface area (Å²) in [6.45, 7) is 3.90. The minimum atomic E-state index is -0.300. The molecule has 2 heterocycles. The van der Waals surface area contributed by atoms with E-state index in [0.717, 1.165) is 59.2 Å². The second-order valence-corrected chi connectivity index (χ2v) is 7.68. The topological polar surface area (TPSA) is 68.0 Å². The van der Waals surface area contributed by atoms with Gasteiger partial charge < -0.3 is 9.84 Å². The summed E-state index contributed by atoms with van der Waals surface area (Å²) in [7, 11) is 0. The summed E-state index contributed by atoms with van der Waals surface area (Å²) in [4.78, 5) is 17.0. The van der Waals surface area contributed by atoms with E-state index < -0.39 is 0 Å². The van der Waals surface area contributed by atoms with Crippen molar-refractivity contribution in [2.75, 3.05) is 5.32 Å². The molecule has 2 aromatic carbocycles. The Labute approximate surface area is 157 Å². The summed E-state index contributed by atoms with van der Waals surface area (Å²) in [5.41, 5.74) is 6.06. The quantitative estimate of drug-likeness (QED) is 0.715. The van der Waals surface area contributed by atoms with Crippen LogP contribution in [0.3, 0.4) is 0 Å². The number of benzene rings is 2. The molecule has 136 valence electrons. The number of carbonyl (C=O) groups is 1. The first-order chi connectivity index (χ1) is 13.1. The number of aryl methyl sites for hydroxylation is 2. The number of anilines is 1. The van der Waals surface area contributed by atoms with Crippen molar-refractivity contribution >= 4 is 11.6 Å². The Kier molecular flexibility index (Phi) is 3.47. The van der Waals surface area contributed by atoms with Crippen molar-refractivity contribution in [2.45, 2.75) is 44.9 Å². The van der Waals surface area contributed by atoms with Crippen LogP contribution >= 0.6 is 0 Å². The molecule has 0 saturated heterocycles. The SMILES string of the molecule is Cc1noc(-c2ccc(C)c(-c3ccc4c(c3)NC(=O)C43CCCC3)c2)n1. The zero-order valence-electron chi connectivity index (χ0n) is 15.5. The zero-order chi connectivity index (χ0) is 18.6. The number of amides is 1. The molecule has 1 saturated carbocycles. The van der Waals surface area contributed by atoms with Gasteiger partial charge in [-0.2, -0.15) is 4.98 Å². The molecule has 1 spiro atoms. The Morgan fingerprint density at radius 1 is 1.04 bits per heavy atom. The molecule has 0 atom stereocenters. The Balaban J connectivity index is 1.59. The van der Waals surface area contributed by atoms with Crippen molar-refractivity contribution in [3.63, 3.8) is 0 Å². The second-order valence-electron chi connectivity index (χ2n) is 7.68. The lowest BCUT2D eigenvalue weighted by molar-refractivity contribution is -0.120. The predicted molar refractivity (Wildman–Crippen MR) is 103 cm³/mol. The second kappa shape index (κ2) is 5.78.